The molecule has 0 aliphatic carbocycles. The summed E-state index contributed by atoms with van der Waals surface area (Å²) in [7, 11) is 0. The first-order valence-corrected chi connectivity index (χ1v) is 16.0. The summed E-state index contributed by atoms with van der Waals surface area (Å²) >= 11 is 0. The Labute approximate surface area is 265 Å². The number of anilines is 2. The highest BCUT2D eigenvalue weighted by Crippen LogP contribution is 2.53. The van der Waals surface area contributed by atoms with Crippen molar-refractivity contribution < 1.29 is 19.8 Å². The SMILES string of the molecule is CCC1(C)/C(=C\C=C\C2N(CCC(=O)O)c3ccc4ccccc4c3C2(C)CC)N(CCC(=O)O)c2ccc3ccccc3c21. The molecule has 6 heteroatoms. The summed E-state index contributed by atoms with van der Waals surface area (Å²) in [5.74, 6) is -1.63. The summed E-state index contributed by atoms with van der Waals surface area (Å²) in [6, 6.07) is 25.4. The van der Waals surface area contributed by atoms with Gasteiger partial charge >= 0.3 is 11.9 Å². The number of carbonyl (C=O) groups is 2. The number of nitrogens with zero attached hydrogens (tertiary/aromatic N) is 2. The van der Waals surface area contributed by atoms with E-state index in [1.807, 2.05) is 0 Å². The van der Waals surface area contributed by atoms with Crippen molar-refractivity contribution in [3.05, 3.63) is 108 Å². The van der Waals surface area contributed by atoms with Crippen molar-refractivity contribution in [3.63, 3.8) is 0 Å². The molecule has 0 saturated carbocycles. The first-order valence-electron chi connectivity index (χ1n) is 16.0. The molecule has 232 valence electrons. The maximum Gasteiger partial charge on any atom is 0.305 e. The van der Waals surface area contributed by atoms with E-state index in [1.54, 1.807) is 0 Å². The van der Waals surface area contributed by atoms with E-state index in [2.05, 4.69) is 129 Å². The van der Waals surface area contributed by atoms with Crippen molar-refractivity contribution in [2.24, 2.45) is 0 Å². The van der Waals surface area contributed by atoms with E-state index in [1.165, 1.54) is 32.7 Å². The molecule has 3 unspecified atom stereocenters. The van der Waals surface area contributed by atoms with Crippen LogP contribution in [0, 0.1) is 0 Å². The maximum atomic E-state index is 11.8. The number of carboxylic acids is 2. The minimum Gasteiger partial charge on any atom is -0.481 e. The number of hydrogen-bond acceptors (Lipinski definition) is 4. The van der Waals surface area contributed by atoms with Gasteiger partial charge < -0.3 is 20.0 Å². The Morgan fingerprint density at radius 2 is 1.33 bits per heavy atom. The van der Waals surface area contributed by atoms with Gasteiger partial charge in [0.2, 0.25) is 0 Å². The monoisotopic (exact) mass is 602 g/mol. The Bertz CT molecular complexity index is 1860. The van der Waals surface area contributed by atoms with Gasteiger partial charge in [-0.05, 0) is 70.6 Å². The molecular weight excluding hydrogens is 560 g/mol. The Hall–Kier alpha value is -4.58. The molecule has 0 fully saturated rings. The van der Waals surface area contributed by atoms with Gasteiger partial charge in [-0.1, -0.05) is 93.6 Å². The van der Waals surface area contributed by atoms with Gasteiger partial charge in [-0.15, -0.1) is 0 Å². The van der Waals surface area contributed by atoms with Crippen LogP contribution in [0.15, 0.2) is 96.7 Å². The molecule has 0 saturated heterocycles. The van der Waals surface area contributed by atoms with E-state index in [0.29, 0.717) is 13.1 Å². The Balaban J connectivity index is 1.47. The zero-order valence-corrected chi connectivity index (χ0v) is 26.6. The topological polar surface area (TPSA) is 81.1 Å². The van der Waals surface area contributed by atoms with Crippen LogP contribution in [0.4, 0.5) is 11.4 Å². The number of benzene rings is 4. The molecule has 4 aromatic rings. The summed E-state index contributed by atoms with van der Waals surface area (Å²) < 4.78 is 0. The quantitative estimate of drug-likeness (QED) is 0.190. The third-order valence-electron chi connectivity index (χ3n) is 10.5. The van der Waals surface area contributed by atoms with E-state index in [9.17, 15) is 19.8 Å². The van der Waals surface area contributed by atoms with E-state index >= 15 is 0 Å². The number of rotatable bonds is 10. The van der Waals surface area contributed by atoms with Crippen LogP contribution in [0.1, 0.15) is 64.5 Å². The minimum absolute atomic E-state index is 0.0367. The van der Waals surface area contributed by atoms with Crippen molar-refractivity contribution >= 4 is 44.9 Å². The smallest absolute Gasteiger partial charge is 0.305 e. The lowest BCUT2D eigenvalue weighted by Crippen LogP contribution is -2.42. The number of aliphatic carboxylic acids is 2. The molecule has 0 radical (unpaired) electrons. The van der Waals surface area contributed by atoms with Gasteiger partial charge in [0.25, 0.3) is 0 Å². The van der Waals surface area contributed by atoms with Crippen LogP contribution in [0.2, 0.25) is 0 Å². The van der Waals surface area contributed by atoms with E-state index in [4.69, 9.17) is 0 Å². The summed E-state index contributed by atoms with van der Waals surface area (Å²) in [5.41, 5.74) is 5.22. The minimum atomic E-state index is -0.818. The van der Waals surface area contributed by atoms with Crippen LogP contribution in [-0.4, -0.2) is 41.3 Å². The summed E-state index contributed by atoms with van der Waals surface area (Å²) in [6.45, 7) is 9.78. The van der Waals surface area contributed by atoms with Gasteiger partial charge in [-0.25, -0.2) is 0 Å². The van der Waals surface area contributed by atoms with Crippen molar-refractivity contribution in [2.45, 2.75) is 70.3 Å². The van der Waals surface area contributed by atoms with E-state index in [0.717, 1.165) is 29.9 Å². The highest BCUT2D eigenvalue weighted by atomic mass is 16.4. The molecule has 45 heavy (non-hydrogen) atoms. The van der Waals surface area contributed by atoms with Gasteiger partial charge in [0.1, 0.15) is 0 Å². The fraction of sp³-hybridized carbons (Fsp3) is 0.333. The first kappa shape index (κ1) is 30.4. The number of carboxylic acid groups (broad SMARTS) is 2. The molecule has 2 aliphatic heterocycles. The summed E-state index contributed by atoms with van der Waals surface area (Å²) in [5, 5.41) is 24.1. The fourth-order valence-corrected chi connectivity index (χ4v) is 7.87. The molecule has 6 rings (SSSR count). The standard InChI is InChI=1S/C39H42N2O4/c1-5-38(3)32(40(24-22-34(42)43)30-20-18-26-12-7-9-14-28(26)36(30)38)16-11-17-33-39(4,6-2)37-29-15-10-8-13-27(29)19-21-31(37)41(33)25-23-35(44)45/h7-21,32H,5-6,22-25H2,1-4H3,(H,42,43)(H,44,45)/b16-11+,33-17+. The van der Waals surface area contributed by atoms with Gasteiger partial charge in [0, 0.05) is 41.0 Å². The predicted octanol–water partition coefficient (Wildman–Crippen LogP) is 8.43. The summed E-state index contributed by atoms with van der Waals surface area (Å²) in [4.78, 5) is 28.0. The van der Waals surface area contributed by atoms with Gasteiger partial charge in [-0.3, -0.25) is 9.59 Å². The molecule has 0 spiro atoms. The van der Waals surface area contributed by atoms with Gasteiger partial charge in [-0.2, -0.15) is 0 Å². The normalized spacial score (nSPS) is 23.4. The average molecular weight is 603 g/mol. The molecule has 0 bridgehead atoms. The maximum absolute atomic E-state index is 11.8. The zero-order chi connectivity index (χ0) is 31.9. The molecule has 6 nitrogen and oxygen atoms in total. The predicted molar refractivity (Wildman–Crippen MR) is 183 cm³/mol. The third kappa shape index (κ3) is 4.97. The number of hydrogen-bond donors (Lipinski definition) is 2. The lowest BCUT2D eigenvalue weighted by molar-refractivity contribution is -0.137. The average Bonchev–Trinajstić information content (AvgIpc) is 3.44. The second kappa shape index (κ2) is 11.7. The fourth-order valence-electron chi connectivity index (χ4n) is 7.87. The first-order chi connectivity index (χ1) is 21.6. The van der Waals surface area contributed by atoms with Crippen molar-refractivity contribution in [1.29, 1.82) is 0 Å². The second-order valence-electron chi connectivity index (χ2n) is 12.8. The molecule has 0 aromatic heterocycles. The molecule has 2 N–H and O–H groups in total. The lowest BCUT2D eigenvalue weighted by atomic mass is 9.74. The van der Waals surface area contributed by atoms with Gasteiger partial charge in [0.15, 0.2) is 0 Å². The zero-order valence-electron chi connectivity index (χ0n) is 26.6. The Morgan fingerprint density at radius 1 is 0.756 bits per heavy atom. The van der Waals surface area contributed by atoms with Crippen LogP contribution >= 0.6 is 0 Å². The molecule has 4 aromatic carbocycles. The molecule has 2 aliphatic rings. The van der Waals surface area contributed by atoms with E-state index in [-0.39, 0.29) is 29.7 Å². The van der Waals surface area contributed by atoms with Crippen LogP contribution in [0.3, 0.4) is 0 Å². The Kier molecular flexibility index (Phi) is 7.94. The van der Waals surface area contributed by atoms with Crippen molar-refractivity contribution in [3.8, 4) is 0 Å². The van der Waals surface area contributed by atoms with Crippen LogP contribution < -0.4 is 9.80 Å². The van der Waals surface area contributed by atoms with E-state index < -0.39 is 11.9 Å². The van der Waals surface area contributed by atoms with Crippen LogP contribution in [-0.2, 0) is 20.4 Å². The van der Waals surface area contributed by atoms with Crippen molar-refractivity contribution in [2.75, 3.05) is 22.9 Å². The highest BCUT2D eigenvalue weighted by Gasteiger charge is 2.47. The summed E-state index contributed by atoms with van der Waals surface area (Å²) in [6.07, 6.45) is 8.37. The molecule has 3 atom stereocenters. The van der Waals surface area contributed by atoms with Gasteiger partial charge in [0.05, 0.1) is 18.9 Å². The second-order valence-corrected chi connectivity index (χ2v) is 12.8. The van der Waals surface area contributed by atoms with Crippen LogP contribution in [0.5, 0.6) is 0 Å². The molecular formula is C39H42N2O4. The molecule has 2 heterocycles. The Morgan fingerprint density at radius 3 is 1.93 bits per heavy atom. The molecule has 0 amide bonds. The number of fused-ring (bicyclic) bond motifs is 6. The number of allylic oxidation sites excluding steroid dienone is 3. The van der Waals surface area contributed by atoms with Crippen LogP contribution in [0.25, 0.3) is 21.5 Å². The largest absolute Gasteiger partial charge is 0.481 e. The highest BCUT2D eigenvalue weighted by molar-refractivity contribution is 5.96. The third-order valence-corrected chi connectivity index (χ3v) is 10.5. The van der Waals surface area contributed by atoms with Crippen molar-refractivity contribution in [1.82, 2.24) is 0 Å². The lowest BCUT2D eigenvalue weighted by Gasteiger charge is -2.34.